The van der Waals surface area contributed by atoms with E-state index in [0.29, 0.717) is 22.6 Å². The molecule has 0 N–H and O–H groups in total. The lowest BCUT2D eigenvalue weighted by Crippen LogP contribution is -2.26. The molecule has 0 aromatic heterocycles. The molecule has 1 heterocycles. The number of benzene rings is 2. The number of halogens is 3. The molecule has 0 amide bonds. The van der Waals surface area contributed by atoms with E-state index in [1.807, 2.05) is 0 Å². The van der Waals surface area contributed by atoms with Crippen molar-refractivity contribution in [3.8, 4) is 11.5 Å². The van der Waals surface area contributed by atoms with Gasteiger partial charge in [-0.1, -0.05) is 36.4 Å². The lowest BCUT2D eigenvalue weighted by molar-refractivity contribution is -0.186. The fourth-order valence-corrected chi connectivity index (χ4v) is 2.40. The molecule has 2 aromatic rings. The molecule has 114 valence electrons. The van der Waals surface area contributed by atoms with E-state index in [2.05, 4.69) is 4.74 Å². The molecule has 6 heteroatoms. The zero-order valence-corrected chi connectivity index (χ0v) is 11.3. The van der Waals surface area contributed by atoms with E-state index < -0.39 is 24.7 Å². The van der Waals surface area contributed by atoms with Gasteiger partial charge in [-0.2, -0.15) is 13.2 Å². The Hall–Kier alpha value is -2.50. The van der Waals surface area contributed by atoms with Crippen molar-refractivity contribution in [3.63, 3.8) is 0 Å². The summed E-state index contributed by atoms with van der Waals surface area (Å²) in [5.74, 6) is -0.991. The molecule has 1 aliphatic heterocycles. The summed E-state index contributed by atoms with van der Waals surface area (Å²) in [4.78, 5) is 12.2. The van der Waals surface area contributed by atoms with Gasteiger partial charge in [0.05, 0.1) is 0 Å². The van der Waals surface area contributed by atoms with E-state index in [1.165, 1.54) is 0 Å². The Balaban J connectivity index is 1.98. The van der Waals surface area contributed by atoms with E-state index in [0.717, 1.165) is 0 Å². The molecule has 0 atom stereocenters. The van der Waals surface area contributed by atoms with Gasteiger partial charge in [-0.25, -0.2) is 0 Å². The maximum atomic E-state index is 12.3. The summed E-state index contributed by atoms with van der Waals surface area (Å²) in [5, 5.41) is 0. The van der Waals surface area contributed by atoms with Gasteiger partial charge in [-0.05, 0) is 12.1 Å². The first-order valence-corrected chi connectivity index (χ1v) is 6.55. The van der Waals surface area contributed by atoms with Crippen LogP contribution in [0.15, 0.2) is 48.5 Å². The maximum Gasteiger partial charge on any atom is 0.422 e. The zero-order valence-electron chi connectivity index (χ0n) is 11.3. The second kappa shape index (κ2) is 5.36. The number of rotatable bonds is 2. The van der Waals surface area contributed by atoms with E-state index in [1.54, 1.807) is 48.5 Å². The van der Waals surface area contributed by atoms with Gasteiger partial charge in [0.2, 0.25) is 0 Å². The molecule has 1 aliphatic rings. The van der Waals surface area contributed by atoms with Crippen LogP contribution >= 0.6 is 0 Å². The number of ether oxygens (including phenoxy) is 2. The molecule has 22 heavy (non-hydrogen) atoms. The van der Waals surface area contributed by atoms with Crippen LogP contribution in [0.25, 0.3) is 0 Å². The molecule has 2 aromatic carbocycles. The number of alkyl halides is 3. The topological polar surface area (TPSA) is 35.5 Å². The highest BCUT2D eigenvalue weighted by atomic mass is 19.4. The Labute approximate surface area is 124 Å². The summed E-state index contributed by atoms with van der Waals surface area (Å²) in [5.41, 5.74) is 0.988. The van der Waals surface area contributed by atoms with Crippen LogP contribution < -0.4 is 4.74 Å². The maximum absolute atomic E-state index is 12.3. The highest BCUT2D eigenvalue weighted by Crippen LogP contribution is 2.44. The average Bonchev–Trinajstić information content (AvgIpc) is 2.49. The minimum atomic E-state index is -4.56. The molecule has 0 radical (unpaired) electrons. The van der Waals surface area contributed by atoms with Gasteiger partial charge in [0.1, 0.15) is 17.4 Å². The van der Waals surface area contributed by atoms with Gasteiger partial charge in [0.15, 0.2) is 6.61 Å². The minimum Gasteiger partial charge on any atom is -0.457 e. The first-order valence-electron chi connectivity index (χ1n) is 6.55. The van der Waals surface area contributed by atoms with Crippen LogP contribution in [0.5, 0.6) is 11.5 Å². The van der Waals surface area contributed by atoms with Crippen molar-refractivity contribution in [2.24, 2.45) is 0 Å². The molecule has 0 saturated heterocycles. The Bertz CT molecular complexity index is 664. The van der Waals surface area contributed by atoms with Crippen LogP contribution in [0.3, 0.4) is 0 Å². The van der Waals surface area contributed by atoms with Crippen LogP contribution in [0.1, 0.15) is 17.0 Å². The Kier molecular flexibility index (Phi) is 3.52. The SMILES string of the molecule is O=C(OCC(F)(F)F)C1c2ccccc2Oc2ccccc21. The molecule has 0 fully saturated rings. The molecule has 0 spiro atoms. The number of fused-ring (bicyclic) bond motifs is 2. The fraction of sp³-hybridized carbons (Fsp3) is 0.188. The predicted octanol–water partition coefficient (Wildman–Crippen LogP) is 4.03. The third-order valence-corrected chi connectivity index (χ3v) is 3.29. The van der Waals surface area contributed by atoms with Crippen molar-refractivity contribution in [1.82, 2.24) is 0 Å². The smallest absolute Gasteiger partial charge is 0.422 e. The van der Waals surface area contributed by atoms with Crippen molar-refractivity contribution in [3.05, 3.63) is 59.7 Å². The summed E-state index contributed by atoms with van der Waals surface area (Å²) in [6.07, 6.45) is -4.56. The molecule has 0 unspecified atom stereocenters. The van der Waals surface area contributed by atoms with Crippen molar-refractivity contribution in [2.75, 3.05) is 6.61 Å². The predicted molar refractivity (Wildman–Crippen MR) is 71.8 cm³/mol. The monoisotopic (exact) mass is 308 g/mol. The molecule has 3 rings (SSSR count). The lowest BCUT2D eigenvalue weighted by atomic mass is 9.88. The first-order chi connectivity index (χ1) is 10.5. The molecule has 0 aliphatic carbocycles. The largest absolute Gasteiger partial charge is 0.457 e. The van der Waals surface area contributed by atoms with Gasteiger partial charge in [0, 0.05) is 11.1 Å². The summed E-state index contributed by atoms with van der Waals surface area (Å²) in [6.45, 7) is -1.60. The average molecular weight is 308 g/mol. The van der Waals surface area contributed by atoms with E-state index >= 15 is 0 Å². The normalized spacial score (nSPS) is 13.8. The van der Waals surface area contributed by atoms with Crippen molar-refractivity contribution in [2.45, 2.75) is 12.1 Å². The zero-order chi connectivity index (χ0) is 15.7. The molecular weight excluding hydrogens is 297 g/mol. The summed E-state index contributed by atoms with van der Waals surface area (Å²) < 4.78 is 46.9. The quantitative estimate of drug-likeness (QED) is 0.786. The van der Waals surface area contributed by atoms with Crippen LogP contribution in [0, 0.1) is 0 Å². The van der Waals surface area contributed by atoms with Gasteiger partial charge in [-0.3, -0.25) is 4.79 Å². The van der Waals surface area contributed by atoms with Crippen LogP contribution in [-0.2, 0) is 9.53 Å². The van der Waals surface area contributed by atoms with Crippen molar-refractivity contribution >= 4 is 5.97 Å². The van der Waals surface area contributed by atoms with E-state index in [9.17, 15) is 18.0 Å². The molecular formula is C16H11F3O3. The van der Waals surface area contributed by atoms with Crippen LogP contribution in [0.4, 0.5) is 13.2 Å². The molecule has 0 bridgehead atoms. The fourth-order valence-electron chi connectivity index (χ4n) is 2.40. The second-order valence-electron chi connectivity index (χ2n) is 4.83. The molecule has 0 saturated carbocycles. The van der Waals surface area contributed by atoms with Gasteiger partial charge in [-0.15, -0.1) is 0 Å². The van der Waals surface area contributed by atoms with Gasteiger partial charge >= 0.3 is 12.1 Å². The summed E-state index contributed by atoms with van der Waals surface area (Å²) in [6, 6.07) is 13.5. The number of esters is 1. The highest BCUT2D eigenvalue weighted by molar-refractivity contribution is 5.85. The van der Waals surface area contributed by atoms with Gasteiger partial charge in [0.25, 0.3) is 0 Å². The number of hydrogen-bond acceptors (Lipinski definition) is 3. The van der Waals surface area contributed by atoms with E-state index in [-0.39, 0.29) is 0 Å². The third-order valence-electron chi connectivity index (χ3n) is 3.29. The first kappa shape index (κ1) is 14.4. The van der Waals surface area contributed by atoms with Crippen LogP contribution in [-0.4, -0.2) is 18.8 Å². The second-order valence-corrected chi connectivity index (χ2v) is 4.83. The Morgan fingerprint density at radius 3 is 2.00 bits per heavy atom. The third kappa shape index (κ3) is 2.77. The number of para-hydroxylation sites is 2. The summed E-state index contributed by atoms with van der Waals surface area (Å²) >= 11 is 0. The van der Waals surface area contributed by atoms with Crippen LogP contribution in [0.2, 0.25) is 0 Å². The van der Waals surface area contributed by atoms with E-state index in [4.69, 9.17) is 4.74 Å². The standard InChI is InChI=1S/C16H11F3O3/c17-16(18,19)9-21-15(20)14-10-5-1-3-7-12(10)22-13-8-4-2-6-11(13)14/h1-8,14H,9H2. The van der Waals surface area contributed by atoms with Crippen molar-refractivity contribution < 1.29 is 27.4 Å². The molecule has 3 nitrogen and oxygen atoms in total. The Morgan fingerprint density at radius 2 is 1.50 bits per heavy atom. The lowest BCUT2D eigenvalue weighted by Gasteiger charge is -2.26. The van der Waals surface area contributed by atoms with Gasteiger partial charge < -0.3 is 9.47 Å². The summed E-state index contributed by atoms with van der Waals surface area (Å²) in [7, 11) is 0. The minimum absolute atomic E-state index is 0.440. The number of hydrogen-bond donors (Lipinski definition) is 0. The number of carbonyl (C=O) groups excluding carboxylic acids is 1. The Morgan fingerprint density at radius 1 is 1.00 bits per heavy atom. The van der Waals surface area contributed by atoms with Crippen molar-refractivity contribution in [1.29, 1.82) is 0 Å². The highest BCUT2D eigenvalue weighted by Gasteiger charge is 2.36. The number of carbonyl (C=O) groups is 1.